The number of fused-ring (bicyclic) bond motifs is 1. The fourth-order valence-corrected chi connectivity index (χ4v) is 2.76. The number of carbonyl (C=O) groups excluding carboxylic acids is 1. The first kappa shape index (κ1) is 18.0. The van der Waals surface area contributed by atoms with Gasteiger partial charge in [0.05, 0.1) is 7.11 Å². The van der Waals surface area contributed by atoms with Crippen LogP contribution in [0.4, 0.5) is 0 Å². The lowest BCUT2D eigenvalue weighted by atomic mass is 10.0. The maximum Gasteiger partial charge on any atom is 0.303 e. The molecule has 4 nitrogen and oxygen atoms in total. The van der Waals surface area contributed by atoms with Crippen molar-refractivity contribution >= 4 is 22.5 Å². The van der Waals surface area contributed by atoms with Crippen LogP contribution in [0, 0.1) is 0 Å². The number of rotatable bonds is 10. The Bertz CT molecular complexity index is 706. The zero-order chi connectivity index (χ0) is 17.4. The monoisotopic (exact) mass is 328 g/mol. The van der Waals surface area contributed by atoms with Gasteiger partial charge in [0.15, 0.2) is 5.78 Å². The normalized spacial score (nSPS) is 10.7. The van der Waals surface area contributed by atoms with Crippen LogP contribution in [0.5, 0.6) is 5.75 Å². The molecule has 0 unspecified atom stereocenters. The molecule has 0 spiro atoms. The lowest BCUT2D eigenvalue weighted by molar-refractivity contribution is -0.137. The third-order valence-corrected chi connectivity index (χ3v) is 4.16. The van der Waals surface area contributed by atoms with Gasteiger partial charge in [0.2, 0.25) is 0 Å². The molecule has 0 aliphatic heterocycles. The Labute approximate surface area is 142 Å². The number of carboxylic acids is 1. The second-order valence-electron chi connectivity index (χ2n) is 6.01. The Morgan fingerprint density at radius 1 is 0.875 bits per heavy atom. The summed E-state index contributed by atoms with van der Waals surface area (Å²) in [6.45, 7) is 0. The van der Waals surface area contributed by atoms with E-state index in [9.17, 15) is 9.59 Å². The van der Waals surface area contributed by atoms with E-state index in [-0.39, 0.29) is 12.2 Å². The first-order valence-corrected chi connectivity index (χ1v) is 8.43. The number of carboxylic acid groups (broad SMARTS) is 1. The van der Waals surface area contributed by atoms with Crippen LogP contribution in [0.1, 0.15) is 55.3 Å². The van der Waals surface area contributed by atoms with Gasteiger partial charge in [0, 0.05) is 18.4 Å². The van der Waals surface area contributed by atoms with E-state index in [2.05, 4.69) is 0 Å². The van der Waals surface area contributed by atoms with E-state index in [1.807, 2.05) is 36.4 Å². The van der Waals surface area contributed by atoms with Crippen LogP contribution in [0.15, 0.2) is 36.4 Å². The van der Waals surface area contributed by atoms with Gasteiger partial charge in [-0.1, -0.05) is 37.5 Å². The summed E-state index contributed by atoms with van der Waals surface area (Å²) in [5, 5.41) is 10.7. The molecule has 0 aliphatic rings. The summed E-state index contributed by atoms with van der Waals surface area (Å²) in [4.78, 5) is 22.7. The van der Waals surface area contributed by atoms with Gasteiger partial charge >= 0.3 is 5.97 Å². The second kappa shape index (κ2) is 9.06. The van der Waals surface area contributed by atoms with Crippen molar-refractivity contribution in [1.29, 1.82) is 0 Å². The predicted octanol–water partition coefficient (Wildman–Crippen LogP) is 4.85. The first-order valence-electron chi connectivity index (χ1n) is 8.43. The molecule has 128 valence electrons. The van der Waals surface area contributed by atoms with Crippen LogP contribution in [-0.2, 0) is 4.79 Å². The molecule has 0 amide bonds. The van der Waals surface area contributed by atoms with E-state index >= 15 is 0 Å². The third-order valence-electron chi connectivity index (χ3n) is 4.16. The summed E-state index contributed by atoms with van der Waals surface area (Å²) < 4.78 is 5.21. The number of ether oxygens (including phenoxy) is 1. The van der Waals surface area contributed by atoms with Crippen molar-refractivity contribution in [3.8, 4) is 5.75 Å². The van der Waals surface area contributed by atoms with Gasteiger partial charge in [-0.15, -0.1) is 0 Å². The molecule has 0 atom stereocenters. The van der Waals surface area contributed by atoms with Gasteiger partial charge in [-0.2, -0.15) is 0 Å². The van der Waals surface area contributed by atoms with Gasteiger partial charge in [-0.3, -0.25) is 9.59 Å². The molecule has 2 aromatic carbocycles. The summed E-state index contributed by atoms with van der Waals surface area (Å²) in [5.41, 5.74) is 0.749. The highest BCUT2D eigenvalue weighted by Crippen LogP contribution is 2.22. The summed E-state index contributed by atoms with van der Waals surface area (Å²) in [7, 11) is 1.64. The smallest absolute Gasteiger partial charge is 0.303 e. The molecule has 0 bridgehead atoms. The van der Waals surface area contributed by atoms with Crippen molar-refractivity contribution in [2.75, 3.05) is 7.11 Å². The Morgan fingerprint density at radius 2 is 1.50 bits per heavy atom. The Kier molecular flexibility index (Phi) is 6.79. The van der Waals surface area contributed by atoms with E-state index in [0.717, 1.165) is 54.2 Å². The maximum atomic E-state index is 12.3. The number of benzene rings is 2. The maximum absolute atomic E-state index is 12.3. The van der Waals surface area contributed by atoms with Crippen molar-refractivity contribution in [3.05, 3.63) is 42.0 Å². The van der Waals surface area contributed by atoms with Crippen molar-refractivity contribution in [1.82, 2.24) is 0 Å². The van der Waals surface area contributed by atoms with Crippen molar-refractivity contribution in [3.63, 3.8) is 0 Å². The summed E-state index contributed by atoms with van der Waals surface area (Å²) >= 11 is 0. The second-order valence-corrected chi connectivity index (χ2v) is 6.01. The minimum absolute atomic E-state index is 0.165. The summed E-state index contributed by atoms with van der Waals surface area (Å²) in [6.07, 6.45) is 5.22. The van der Waals surface area contributed by atoms with Crippen LogP contribution in [0.25, 0.3) is 10.8 Å². The Hall–Kier alpha value is -2.36. The number of aliphatic carboxylic acids is 1. The van der Waals surface area contributed by atoms with E-state index in [1.54, 1.807) is 7.11 Å². The highest BCUT2D eigenvalue weighted by molar-refractivity contribution is 6.00. The van der Waals surface area contributed by atoms with E-state index in [1.165, 1.54) is 0 Å². The lowest BCUT2D eigenvalue weighted by Crippen LogP contribution is -1.99. The Morgan fingerprint density at radius 3 is 2.21 bits per heavy atom. The SMILES string of the molecule is COc1ccc2cc(C(=O)CCCCCCCC(=O)O)ccc2c1. The molecule has 0 fully saturated rings. The fraction of sp³-hybridized carbons (Fsp3) is 0.400. The molecule has 24 heavy (non-hydrogen) atoms. The average Bonchev–Trinajstić information content (AvgIpc) is 2.59. The van der Waals surface area contributed by atoms with Crippen LogP contribution in [0.3, 0.4) is 0 Å². The molecule has 0 heterocycles. The quantitative estimate of drug-likeness (QED) is 0.500. The van der Waals surface area contributed by atoms with Gasteiger partial charge < -0.3 is 9.84 Å². The van der Waals surface area contributed by atoms with Crippen molar-refractivity contribution in [2.24, 2.45) is 0 Å². The number of unbranched alkanes of at least 4 members (excludes halogenated alkanes) is 4. The number of Topliss-reactive ketones (excluding diaryl/α,β-unsaturated/α-hetero) is 1. The average molecular weight is 328 g/mol. The summed E-state index contributed by atoms with van der Waals surface area (Å²) in [6, 6.07) is 11.6. The number of carbonyl (C=O) groups is 2. The molecule has 0 aliphatic carbocycles. The molecule has 0 aromatic heterocycles. The zero-order valence-corrected chi connectivity index (χ0v) is 14.1. The minimum atomic E-state index is -0.737. The topological polar surface area (TPSA) is 63.6 Å². The molecule has 4 heteroatoms. The highest BCUT2D eigenvalue weighted by Gasteiger charge is 2.07. The molecular weight excluding hydrogens is 304 g/mol. The van der Waals surface area contributed by atoms with Crippen LogP contribution in [0.2, 0.25) is 0 Å². The molecule has 0 saturated carbocycles. The highest BCUT2D eigenvalue weighted by atomic mass is 16.5. The number of hydrogen-bond donors (Lipinski definition) is 1. The summed E-state index contributed by atoms with van der Waals surface area (Å²) in [5.74, 6) is 0.238. The lowest BCUT2D eigenvalue weighted by Gasteiger charge is -2.05. The minimum Gasteiger partial charge on any atom is -0.497 e. The fourth-order valence-electron chi connectivity index (χ4n) is 2.76. The van der Waals surface area contributed by atoms with Crippen molar-refractivity contribution < 1.29 is 19.4 Å². The largest absolute Gasteiger partial charge is 0.497 e. The first-order chi connectivity index (χ1) is 11.6. The van der Waals surface area contributed by atoms with Gasteiger partial charge in [0.25, 0.3) is 0 Å². The van der Waals surface area contributed by atoms with Gasteiger partial charge in [-0.25, -0.2) is 0 Å². The zero-order valence-electron chi connectivity index (χ0n) is 14.1. The number of ketones is 1. The van der Waals surface area contributed by atoms with Crippen molar-refractivity contribution in [2.45, 2.75) is 44.9 Å². The molecule has 2 rings (SSSR count). The molecule has 0 radical (unpaired) electrons. The van der Waals surface area contributed by atoms with E-state index < -0.39 is 5.97 Å². The van der Waals surface area contributed by atoms with Gasteiger partial charge in [0.1, 0.15) is 5.75 Å². The van der Waals surface area contributed by atoms with E-state index in [4.69, 9.17) is 9.84 Å². The van der Waals surface area contributed by atoms with Crippen LogP contribution < -0.4 is 4.74 Å². The number of methoxy groups -OCH3 is 1. The molecular formula is C20H24O4. The molecule has 1 N–H and O–H groups in total. The standard InChI is InChI=1S/C20H24O4/c1-24-18-12-11-15-13-17(10-9-16(15)14-18)19(21)7-5-3-2-4-6-8-20(22)23/h9-14H,2-8H2,1H3,(H,22,23). The Balaban J connectivity index is 1.80. The number of hydrogen-bond acceptors (Lipinski definition) is 3. The van der Waals surface area contributed by atoms with Gasteiger partial charge in [-0.05, 0) is 41.8 Å². The predicted molar refractivity (Wildman–Crippen MR) is 94.8 cm³/mol. The van der Waals surface area contributed by atoms with Crippen LogP contribution >= 0.6 is 0 Å². The third kappa shape index (κ3) is 5.37. The molecule has 2 aromatic rings. The van der Waals surface area contributed by atoms with E-state index in [0.29, 0.717) is 6.42 Å². The van der Waals surface area contributed by atoms with Crippen LogP contribution in [-0.4, -0.2) is 24.0 Å². The molecule has 0 saturated heterocycles.